The molecular formula is C18H19BrClN. The first-order valence-corrected chi connectivity index (χ1v) is 8.61. The van der Waals surface area contributed by atoms with Crippen LogP contribution in [0, 0.1) is 5.92 Å². The van der Waals surface area contributed by atoms with E-state index in [-0.39, 0.29) is 0 Å². The SMILES string of the molecule is CCNC(c1ccc(Cl)c(Br)c1)C1CC1c1ccccc1. The van der Waals surface area contributed by atoms with Crippen molar-refractivity contribution in [3.8, 4) is 0 Å². The van der Waals surface area contributed by atoms with Crippen molar-refractivity contribution in [2.45, 2.75) is 25.3 Å². The molecule has 0 bridgehead atoms. The van der Waals surface area contributed by atoms with Crippen LogP contribution in [-0.4, -0.2) is 6.54 Å². The van der Waals surface area contributed by atoms with Gasteiger partial charge in [-0.15, -0.1) is 0 Å². The molecule has 1 fully saturated rings. The summed E-state index contributed by atoms with van der Waals surface area (Å²) in [5, 5.41) is 4.41. The molecule has 1 aliphatic rings. The van der Waals surface area contributed by atoms with Crippen LogP contribution in [0.4, 0.5) is 0 Å². The van der Waals surface area contributed by atoms with Gasteiger partial charge < -0.3 is 5.32 Å². The molecule has 3 unspecified atom stereocenters. The predicted molar refractivity (Wildman–Crippen MR) is 92.9 cm³/mol. The molecule has 0 aromatic heterocycles. The summed E-state index contributed by atoms with van der Waals surface area (Å²) < 4.78 is 0.974. The lowest BCUT2D eigenvalue weighted by molar-refractivity contribution is 0.487. The van der Waals surface area contributed by atoms with Crippen molar-refractivity contribution in [1.29, 1.82) is 0 Å². The van der Waals surface area contributed by atoms with Gasteiger partial charge in [0.2, 0.25) is 0 Å². The van der Waals surface area contributed by atoms with Crippen LogP contribution in [0.2, 0.25) is 5.02 Å². The molecule has 110 valence electrons. The van der Waals surface area contributed by atoms with Crippen LogP contribution < -0.4 is 5.32 Å². The summed E-state index contributed by atoms with van der Waals surface area (Å²) >= 11 is 9.65. The van der Waals surface area contributed by atoms with Gasteiger partial charge in [-0.05, 0) is 64.0 Å². The Labute approximate surface area is 139 Å². The third kappa shape index (κ3) is 3.33. The zero-order valence-electron chi connectivity index (χ0n) is 12.0. The Kier molecular flexibility index (Phi) is 4.68. The Morgan fingerprint density at radius 2 is 2.00 bits per heavy atom. The van der Waals surface area contributed by atoms with Gasteiger partial charge in [-0.3, -0.25) is 0 Å². The molecule has 1 N–H and O–H groups in total. The van der Waals surface area contributed by atoms with Crippen LogP contribution in [0.15, 0.2) is 53.0 Å². The second kappa shape index (κ2) is 6.51. The second-order valence-corrected chi connectivity index (χ2v) is 6.89. The molecule has 1 aliphatic carbocycles. The van der Waals surface area contributed by atoms with Crippen molar-refractivity contribution in [2.75, 3.05) is 6.54 Å². The average Bonchev–Trinajstić information content (AvgIpc) is 3.29. The Bertz CT molecular complexity index is 614. The summed E-state index contributed by atoms with van der Waals surface area (Å²) in [6, 6.07) is 17.5. The molecule has 3 rings (SSSR count). The molecule has 0 radical (unpaired) electrons. The standard InChI is InChI=1S/C18H19BrClN/c1-2-21-18(13-8-9-17(20)16(19)10-13)15-11-14(15)12-6-4-3-5-7-12/h3-10,14-15,18,21H,2,11H2,1H3. The van der Waals surface area contributed by atoms with Crippen molar-refractivity contribution >= 4 is 27.5 Å². The second-order valence-electron chi connectivity index (χ2n) is 5.63. The van der Waals surface area contributed by atoms with E-state index in [2.05, 4.69) is 70.6 Å². The number of rotatable bonds is 5. The van der Waals surface area contributed by atoms with Crippen molar-refractivity contribution in [2.24, 2.45) is 5.92 Å². The van der Waals surface area contributed by atoms with E-state index in [0.29, 0.717) is 17.9 Å². The molecule has 0 amide bonds. The minimum Gasteiger partial charge on any atom is -0.310 e. The van der Waals surface area contributed by atoms with Crippen LogP contribution in [0.1, 0.15) is 36.4 Å². The smallest absolute Gasteiger partial charge is 0.0548 e. The number of hydrogen-bond donors (Lipinski definition) is 1. The number of nitrogens with one attached hydrogen (secondary N) is 1. The Morgan fingerprint density at radius 3 is 2.67 bits per heavy atom. The summed E-state index contributed by atoms with van der Waals surface area (Å²) in [5.41, 5.74) is 2.77. The molecule has 2 aromatic carbocycles. The van der Waals surface area contributed by atoms with Crippen LogP contribution in [0.5, 0.6) is 0 Å². The van der Waals surface area contributed by atoms with Gasteiger partial charge in [0, 0.05) is 10.5 Å². The van der Waals surface area contributed by atoms with Crippen LogP contribution in [0.25, 0.3) is 0 Å². The summed E-state index contributed by atoms with van der Waals surface area (Å²) in [7, 11) is 0. The van der Waals surface area contributed by atoms with Crippen molar-refractivity contribution in [1.82, 2.24) is 5.32 Å². The van der Waals surface area contributed by atoms with E-state index in [1.54, 1.807) is 0 Å². The highest BCUT2D eigenvalue weighted by molar-refractivity contribution is 9.10. The maximum Gasteiger partial charge on any atom is 0.0548 e. The number of benzene rings is 2. The minimum absolute atomic E-state index is 0.397. The van der Waals surface area contributed by atoms with Crippen molar-refractivity contribution in [3.05, 3.63) is 69.2 Å². The molecule has 1 nitrogen and oxygen atoms in total. The molecule has 3 heteroatoms. The van der Waals surface area contributed by atoms with Gasteiger partial charge in [0.05, 0.1) is 5.02 Å². The van der Waals surface area contributed by atoms with E-state index in [0.717, 1.165) is 16.0 Å². The molecule has 21 heavy (non-hydrogen) atoms. The molecule has 0 spiro atoms. The van der Waals surface area contributed by atoms with E-state index >= 15 is 0 Å². The lowest BCUT2D eigenvalue weighted by Crippen LogP contribution is -2.23. The molecule has 0 heterocycles. The van der Waals surface area contributed by atoms with E-state index in [4.69, 9.17) is 11.6 Å². The van der Waals surface area contributed by atoms with Gasteiger partial charge in [0.1, 0.15) is 0 Å². The third-order valence-corrected chi connectivity index (χ3v) is 5.44. The normalized spacial score (nSPS) is 22.0. The molecule has 2 aromatic rings. The van der Waals surface area contributed by atoms with Gasteiger partial charge in [-0.25, -0.2) is 0 Å². The first kappa shape index (κ1) is 15.1. The lowest BCUT2D eigenvalue weighted by Gasteiger charge is -2.19. The largest absolute Gasteiger partial charge is 0.310 e. The van der Waals surface area contributed by atoms with Gasteiger partial charge in [0.25, 0.3) is 0 Å². The molecule has 0 aliphatic heterocycles. The quantitative estimate of drug-likeness (QED) is 0.732. The van der Waals surface area contributed by atoms with E-state index in [9.17, 15) is 0 Å². The summed E-state index contributed by atoms with van der Waals surface area (Å²) in [5.74, 6) is 1.34. The number of halogens is 2. The molecule has 1 saturated carbocycles. The fourth-order valence-electron chi connectivity index (χ4n) is 3.11. The van der Waals surface area contributed by atoms with Crippen molar-refractivity contribution in [3.63, 3.8) is 0 Å². The molecule has 3 atom stereocenters. The summed E-state index contributed by atoms with van der Waals surface area (Å²) in [6.45, 7) is 3.14. The molecular weight excluding hydrogens is 346 g/mol. The molecule has 0 saturated heterocycles. The predicted octanol–water partition coefficient (Wildman–Crippen LogP) is 5.56. The summed E-state index contributed by atoms with van der Waals surface area (Å²) in [6.07, 6.45) is 1.25. The average molecular weight is 365 g/mol. The highest BCUT2D eigenvalue weighted by Crippen LogP contribution is 2.54. The maximum absolute atomic E-state index is 6.11. The Hall–Kier alpha value is -0.830. The Morgan fingerprint density at radius 1 is 1.24 bits per heavy atom. The number of hydrogen-bond acceptors (Lipinski definition) is 1. The van der Waals surface area contributed by atoms with Gasteiger partial charge >= 0.3 is 0 Å². The third-order valence-electron chi connectivity index (χ3n) is 4.22. The topological polar surface area (TPSA) is 12.0 Å². The van der Waals surface area contributed by atoms with Gasteiger partial charge in [-0.2, -0.15) is 0 Å². The fraction of sp³-hybridized carbons (Fsp3) is 0.333. The first-order valence-electron chi connectivity index (χ1n) is 7.44. The zero-order valence-corrected chi connectivity index (χ0v) is 14.4. The first-order chi connectivity index (χ1) is 10.2. The zero-order chi connectivity index (χ0) is 14.8. The van der Waals surface area contributed by atoms with Gasteiger partial charge in [-0.1, -0.05) is 54.9 Å². The fourth-order valence-corrected chi connectivity index (χ4v) is 3.62. The van der Waals surface area contributed by atoms with Crippen LogP contribution in [-0.2, 0) is 0 Å². The van der Waals surface area contributed by atoms with Crippen LogP contribution in [0.3, 0.4) is 0 Å². The minimum atomic E-state index is 0.397. The maximum atomic E-state index is 6.11. The van der Waals surface area contributed by atoms with E-state index < -0.39 is 0 Å². The summed E-state index contributed by atoms with van der Waals surface area (Å²) in [4.78, 5) is 0. The Balaban J connectivity index is 1.81. The van der Waals surface area contributed by atoms with E-state index in [1.807, 2.05) is 6.07 Å². The van der Waals surface area contributed by atoms with Crippen LogP contribution >= 0.6 is 27.5 Å². The van der Waals surface area contributed by atoms with E-state index in [1.165, 1.54) is 17.5 Å². The highest BCUT2D eigenvalue weighted by atomic mass is 79.9. The van der Waals surface area contributed by atoms with Crippen molar-refractivity contribution < 1.29 is 0 Å². The monoisotopic (exact) mass is 363 g/mol. The van der Waals surface area contributed by atoms with Gasteiger partial charge in [0.15, 0.2) is 0 Å². The highest BCUT2D eigenvalue weighted by Gasteiger charge is 2.44. The lowest BCUT2D eigenvalue weighted by atomic mass is 9.98.